The molecular formula is C20H17F3N4O. The van der Waals surface area contributed by atoms with E-state index in [1.54, 1.807) is 49.1 Å². The Balaban J connectivity index is 1.84. The van der Waals surface area contributed by atoms with Crippen LogP contribution in [-0.4, -0.2) is 20.9 Å². The van der Waals surface area contributed by atoms with Gasteiger partial charge in [-0.25, -0.2) is 4.79 Å². The number of rotatable bonds is 5. The van der Waals surface area contributed by atoms with Gasteiger partial charge in [-0.1, -0.05) is 18.2 Å². The average molecular weight is 386 g/mol. The van der Waals surface area contributed by atoms with E-state index < -0.39 is 17.8 Å². The van der Waals surface area contributed by atoms with Crippen molar-refractivity contribution >= 4 is 11.7 Å². The van der Waals surface area contributed by atoms with Gasteiger partial charge in [0.05, 0.1) is 11.3 Å². The van der Waals surface area contributed by atoms with Crippen molar-refractivity contribution in [3.05, 3.63) is 90.0 Å². The Labute approximate surface area is 159 Å². The van der Waals surface area contributed by atoms with Crippen LogP contribution in [0.1, 0.15) is 16.7 Å². The second-order valence-electron chi connectivity index (χ2n) is 6.05. The smallest absolute Gasteiger partial charge is 0.316 e. The normalized spacial score (nSPS) is 11.1. The molecule has 3 rings (SSSR count). The second-order valence-corrected chi connectivity index (χ2v) is 6.05. The van der Waals surface area contributed by atoms with Crippen LogP contribution >= 0.6 is 0 Å². The summed E-state index contributed by atoms with van der Waals surface area (Å²) in [6, 6.07) is 11.3. The first-order chi connectivity index (χ1) is 13.4. The zero-order valence-corrected chi connectivity index (χ0v) is 14.7. The lowest BCUT2D eigenvalue weighted by atomic mass is 10.1. The molecule has 0 atom stereocenters. The van der Waals surface area contributed by atoms with Gasteiger partial charge in [0.25, 0.3) is 0 Å². The van der Waals surface area contributed by atoms with Crippen molar-refractivity contribution in [1.29, 1.82) is 0 Å². The number of hydrogen-bond acceptors (Lipinski definition) is 3. The van der Waals surface area contributed by atoms with Gasteiger partial charge in [0.2, 0.25) is 0 Å². The number of urea groups is 1. The van der Waals surface area contributed by atoms with E-state index in [-0.39, 0.29) is 18.8 Å². The minimum Gasteiger partial charge on any atom is -0.316 e. The molecule has 2 amide bonds. The van der Waals surface area contributed by atoms with E-state index in [2.05, 4.69) is 15.3 Å². The molecule has 0 saturated carbocycles. The standard InChI is InChI=1S/C20H17F3N4O/c21-20(22,23)17-5-1-2-6-18(17)26-19(28)27(13-15-7-10-24-11-8-15)14-16-4-3-9-25-12-16/h1-12H,13-14H2,(H,26,28). The maximum atomic E-state index is 13.2. The summed E-state index contributed by atoms with van der Waals surface area (Å²) < 4.78 is 39.6. The van der Waals surface area contributed by atoms with E-state index in [1.807, 2.05) is 0 Å². The van der Waals surface area contributed by atoms with E-state index in [1.165, 1.54) is 23.1 Å². The van der Waals surface area contributed by atoms with Gasteiger partial charge in [0.15, 0.2) is 0 Å². The van der Waals surface area contributed by atoms with Crippen LogP contribution in [0.5, 0.6) is 0 Å². The van der Waals surface area contributed by atoms with Crippen LogP contribution in [0.3, 0.4) is 0 Å². The van der Waals surface area contributed by atoms with Gasteiger partial charge in [-0.05, 0) is 41.5 Å². The second kappa shape index (κ2) is 8.51. The van der Waals surface area contributed by atoms with Gasteiger partial charge >= 0.3 is 12.2 Å². The summed E-state index contributed by atoms with van der Waals surface area (Å²) in [5, 5.41) is 2.39. The Morgan fingerprint density at radius 2 is 1.61 bits per heavy atom. The number of aromatic nitrogens is 2. The summed E-state index contributed by atoms with van der Waals surface area (Å²) in [6.07, 6.45) is 1.83. The summed E-state index contributed by atoms with van der Waals surface area (Å²) in [7, 11) is 0. The third-order valence-electron chi connectivity index (χ3n) is 3.98. The van der Waals surface area contributed by atoms with Crippen molar-refractivity contribution in [3.8, 4) is 0 Å². The predicted molar refractivity (Wildman–Crippen MR) is 98.2 cm³/mol. The Morgan fingerprint density at radius 1 is 0.893 bits per heavy atom. The molecule has 2 heterocycles. The maximum Gasteiger partial charge on any atom is 0.418 e. The summed E-state index contributed by atoms with van der Waals surface area (Å²) in [6.45, 7) is 0.396. The molecule has 0 aliphatic heterocycles. The highest BCUT2D eigenvalue weighted by Gasteiger charge is 2.34. The average Bonchev–Trinajstić information content (AvgIpc) is 2.69. The van der Waals surface area contributed by atoms with Gasteiger partial charge in [0, 0.05) is 37.9 Å². The fourth-order valence-electron chi connectivity index (χ4n) is 2.65. The third kappa shape index (κ3) is 5.06. The van der Waals surface area contributed by atoms with Gasteiger partial charge in [-0.3, -0.25) is 9.97 Å². The number of nitrogens with one attached hydrogen (secondary N) is 1. The van der Waals surface area contributed by atoms with E-state index in [4.69, 9.17) is 0 Å². The molecule has 0 bridgehead atoms. The maximum absolute atomic E-state index is 13.2. The number of carbonyl (C=O) groups excluding carboxylic acids is 1. The summed E-state index contributed by atoms with van der Waals surface area (Å²) in [5.41, 5.74) is 0.383. The molecule has 0 unspecified atom stereocenters. The molecule has 0 saturated heterocycles. The van der Waals surface area contributed by atoms with Crippen molar-refractivity contribution in [2.75, 3.05) is 5.32 Å². The number of pyridine rings is 2. The van der Waals surface area contributed by atoms with Crippen LogP contribution in [-0.2, 0) is 19.3 Å². The lowest BCUT2D eigenvalue weighted by molar-refractivity contribution is -0.136. The van der Waals surface area contributed by atoms with E-state index >= 15 is 0 Å². The number of benzene rings is 1. The zero-order valence-electron chi connectivity index (χ0n) is 14.7. The molecule has 3 aromatic rings. The molecule has 0 aliphatic rings. The Morgan fingerprint density at radius 3 is 2.29 bits per heavy atom. The molecule has 144 valence electrons. The topological polar surface area (TPSA) is 58.1 Å². The quantitative estimate of drug-likeness (QED) is 0.690. The molecule has 1 aromatic carbocycles. The number of hydrogen-bond donors (Lipinski definition) is 1. The summed E-state index contributed by atoms with van der Waals surface area (Å²) in [5.74, 6) is 0. The minimum absolute atomic E-state index is 0.191. The van der Waals surface area contributed by atoms with Crippen LogP contribution in [0.4, 0.5) is 23.7 Å². The first kappa shape index (κ1) is 19.3. The van der Waals surface area contributed by atoms with Gasteiger partial charge in [-0.2, -0.15) is 13.2 Å². The fraction of sp³-hybridized carbons (Fsp3) is 0.150. The number of nitrogens with zero attached hydrogens (tertiary/aromatic N) is 3. The fourth-order valence-corrected chi connectivity index (χ4v) is 2.65. The van der Waals surface area contributed by atoms with Crippen LogP contribution < -0.4 is 5.32 Å². The number of alkyl halides is 3. The highest BCUT2D eigenvalue weighted by atomic mass is 19.4. The first-order valence-electron chi connectivity index (χ1n) is 8.43. The molecule has 28 heavy (non-hydrogen) atoms. The van der Waals surface area contributed by atoms with E-state index in [0.29, 0.717) is 0 Å². The van der Waals surface area contributed by atoms with E-state index in [0.717, 1.165) is 17.2 Å². The molecular weight excluding hydrogens is 369 g/mol. The van der Waals surface area contributed by atoms with Crippen molar-refractivity contribution < 1.29 is 18.0 Å². The van der Waals surface area contributed by atoms with Crippen LogP contribution in [0.15, 0.2) is 73.3 Å². The molecule has 0 aliphatic carbocycles. The van der Waals surface area contributed by atoms with Crippen molar-refractivity contribution in [1.82, 2.24) is 14.9 Å². The molecule has 5 nitrogen and oxygen atoms in total. The first-order valence-corrected chi connectivity index (χ1v) is 8.43. The lowest BCUT2D eigenvalue weighted by Crippen LogP contribution is -2.34. The highest BCUT2D eigenvalue weighted by Crippen LogP contribution is 2.34. The number of carbonyl (C=O) groups is 1. The van der Waals surface area contributed by atoms with Crippen LogP contribution in [0.25, 0.3) is 0 Å². The molecule has 0 fully saturated rings. The zero-order chi connectivity index (χ0) is 20.0. The van der Waals surface area contributed by atoms with Crippen molar-refractivity contribution in [2.24, 2.45) is 0 Å². The largest absolute Gasteiger partial charge is 0.418 e. The van der Waals surface area contributed by atoms with Crippen LogP contribution in [0.2, 0.25) is 0 Å². The van der Waals surface area contributed by atoms with Crippen molar-refractivity contribution in [2.45, 2.75) is 19.3 Å². The minimum atomic E-state index is -4.57. The Hall–Kier alpha value is -3.42. The molecule has 1 N–H and O–H groups in total. The predicted octanol–water partition coefficient (Wildman–Crippen LogP) is 4.73. The summed E-state index contributed by atoms with van der Waals surface area (Å²) >= 11 is 0. The van der Waals surface area contributed by atoms with Crippen LogP contribution in [0, 0.1) is 0 Å². The van der Waals surface area contributed by atoms with Crippen molar-refractivity contribution in [3.63, 3.8) is 0 Å². The number of para-hydroxylation sites is 1. The molecule has 0 radical (unpaired) electrons. The van der Waals surface area contributed by atoms with E-state index in [9.17, 15) is 18.0 Å². The third-order valence-corrected chi connectivity index (χ3v) is 3.98. The molecule has 2 aromatic heterocycles. The molecule has 8 heteroatoms. The highest BCUT2D eigenvalue weighted by molar-refractivity contribution is 5.90. The summed E-state index contributed by atoms with van der Waals surface area (Å²) in [4.78, 5) is 22.2. The SMILES string of the molecule is O=C(Nc1ccccc1C(F)(F)F)N(Cc1ccncc1)Cc1cccnc1. The monoisotopic (exact) mass is 386 g/mol. The lowest BCUT2D eigenvalue weighted by Gasteiger charge is -2.24. The number of anilines is 1. The number of amides is 2. The van der Waals surface area contributed by atoms with Gasteiger partial charge < -0.3 is 10.2 Å². The number of halogens is 3. The van der Waals surface area contributed by atoms with Gasteiger partial charge in [-0.15, -0.1) is 0 Å². The Bertz CT molecular complexity index is 876. The Kier molecular flexibility index (Phi) is 5.88. The molecule has 0 spiro atoms. The van der Waals surface area contributed by atoms with Gasteiger partial charge in [0.1, 0.15) is 0 Å².